The zero-order chi connectivity index (χ0) is 28.2. The van der Waals surface area contributed by atoms with Crippen LogP contribution in [0.2, 0.25) is 5.02 Å². The molecule has 2 aromatic heterocycles. The van der Waals surface area contributed by atoms with Crippen molar-refractivity contribution in [3.05, 3.63) is 45.3 Å². The summed E-state index contributed by atoms with van der Waals surface area (Å²) in [5.74, 6) is -2.23. The lowest BCUT2D eigenvalue weighted by molar-refractivity contribution is -0.137. The molecule has 3 aromatic rings. The maximum atomic E-state index is 14.1. The smallest absolute Gasteiger partial charge is 0.351 e. The van der Waals surface area contributed by atoms with Gasteiger partial charge in [-0.05, 0) is 49.8 Å². The molecule has 0 amide bonds. The van der Waals surface area contributed by atoms with E-state index in [9.17, 15) is 13.6 Å². The molecule has 12 heteroatoms. The first-order valence-corrected chi connectivity index (χ1v) is 14.6. The summed E-state index contributed by atoms with van der Waals surface area (Å²) in [6.45, 7) is 6.71. The molecule has 216 valence electrons. The molecule has 1 aromatic carbocycles. The Kier molecular flexibility index (Phi) is 7.33. The van der Waals surface area contributed by atoms with Crippen LogP contribution in [0.4, 0.5) is 14.6 Å². The van der Waals surface area contributed by atoms with Gasteiger partial charge in [-0.25, -0.2) is 18.3 Å². The number of fused-ring (bicyclic) bond motifs is 1. The number of anilines is 1. The van der Waals surface area contributed by atoms with Gasteiger partial charge in [0.05, 0.1) is 12.6 Å². The second-order valence-corrected chi connectivity index (χ2v) is 12.1. The van der Waals surface area contributed by atoms with Crippen LogP contribution in [0.1, 0.15) is 57.6 Å². The average molecular weight is 576 g/mol. The number of rotatable bonds is 7. The van der Waals surface area contributed by atoms with Gasteiger partial charge in [-0.2, -0.15) is 4.98 Å². The molecule has 40 heavy (non-hydrogen) atoms. The van der Waals surface area contributed by atoms with E-state index in [1.807, 2.05) is 24.3 Å². The van der Waals surface area contributed by atoms with Gasteiger partial charge >= 0.3 is 5.69 Å². The molecular formula is C28H36ClF2N7O2. The lowest BCUT2D eigenvalue weighted by Gasteiger charge is -2.53. The van der Waals surface area contributed by atoms with Crippen molar-refractivity contribution in [2.24, 2.45) is 13.0 Å². The van der Waals surface area contributed by atoms with E-state index in [1.54, 1.807) is 11.7 Å². The number of hydrogen-bond acceptors (Lipinski definition) is 7. The van der Waals surface area contributed by atoms with Gasteiger partial charge in [0, 0.05) is 62.7 Å². The molecule has 0 radical (unpaired) electrons. The summed E-state index contributed by atoms with van der Waals surface area (Å²) in [5, 5.41) is 9.50. The van der Waals surface area contributed by atoms with Crippen molar-refractivity contribution in [3.63, 3.8) is 0 Å². The van der Waals surface area contributed by atoms with Crippen molar-refractivity contribution in [2.45, 2.75) is 82.6 Å². The van der Waals surface area contributed by atoms with Gasteiger partial charge in [0.2, 0.25) is 5.92 Å². The highest BCUT2D eigenvalue weighted by atomic mass is 35.5. The first kappa shape index (κ1) is 27.5. The maximum Gasteiger partial charge on any atom is 0.351 e. The maximum absolute atomic E-state index is 14.1. The van der Waals surface area contributed by atoms with Gasteiger partial charge in [0.15, 0.2) is 17.0 Å². The van der Waals surface area contributed by atoms with Crippen LogP contribution in [0.25, 0.3) is 11.2 Å². The van der Waals surface area contributed by atoms with Gasteiger partial charge in [0.25, 0.3) is 0 Å². The van der Waals surface area contributed by atoms with E-state index in [1.165, 1.54) is 4.57 Å². The Bertz CT molecular complexity index is 1410. The molecule has 2 saturated heterocycles. The fourth-order valence-corrected chi connectivity index (χ4v) is 6.91. The van der Waals surface area contributed by atoms with Crippen molar-refractivity contribution < 1.29 is 13.5 Å². The predicted molar refractivity (Wildman–Crippen MR) is 149 cm³/mol. The molecule has 1 saturated carbocycles. The first-order chi connectivity index (χ1) is 19.1. The Hall–Kier alpha value is -2.63. The molecular weight excluding hydrogens is 540 g/mol. The van der Waals surface area contributed by atoms with E-state index in [0.717, 1.165) is 31.4 Å². The van der Waals surface area contributed by atoms with Crippen molar-refractivity contribution >= 4 is 28.6 Å². The monoisotopic (exact) mass is 575 g/mol. The highest BCUT2D eigenvalue weighted by Crippen LogP contribution is 2.51. The molecule has 2 aliphatic heterocycles. The number of piperazine rings is 1. The second kappa shape index (κ2) is 10.6. The van der Waals surface area contributed by atoms with Gasteiger partial charge < -0.3 is 9.64 Å². The van der Waals surface area contributed by atoms with Crippen molar-refractivity contribution in [2.75, 3.05) is 24.6 Å². The Morgan fingerprint density at radius 1 is 1.20 bits per heavy atom. The van der Waals surface area contributed by atoms with E-state index >= 15 is 0 Å². The normalized spacial score (nSPS) is 26.4. The van der Waals surface area contributed by atoms with Crippen molar-refractivity contribution in [1.82, 2.24) is 29.4 Å². The molecule has 0 N–H and O–H groups in total. The van der Waals surface area contributed by atoms with E-state index < -0.39 is 5.92 Å². The van der Waals surface area contributed by atoms with Crippen LogP contribution >= 0.6 is 11.6 Å². The van der Waals surface area contributed by atoms with Gasteiger partial charge in [0.1, 0.15) is 0 Å². The second-order valence-electron chi connectivity index (χ2n) is 11.6. The zero-order valence-electron chi connectivity index (χ0n) is 23.1. The molecule has 4 atom stereocenters. The molecule has 0 spiro atoms. The van der Waals surface area contributed by atoms with Crippen LogP contribution in [-0.4, -0.2) is 73.3 Å². The van der Waals surface area contributed by atoms with Crippen molar-refractivity contribution in [3.8, 4) is 0 Å². The highest BCUT2D eigenvalue weighted by Gasteiger charge is 2.51. The van der Waals surface area contributed by atoms with Crippen LogP contribution in [0.3, 0.4) is 0 Å². The predicted octanol–water partition coefficient (Wildman–Crippen LogP) is 4.43. The summed E-state index contributed by atoms with van der Waals surface area (Å²) in [5.41, 5.74) is 1.86. The number of hydrogen-bond donors (Lipinski definition) is 0. The van der Waals surface area contributed by atoms with Crippen molar-refractivity contribution in [1.29, 1.82) is 0 Å². The summed E-state index contributed by atoms with van der Waals surface area (Å²) < 4.78 is 37.2. The topological polar surface area (TPSA) is 81.3 Å². The lowest BCUT2D eigenvalue weighted by Crippen LogP contribution is -2.60. The Morgan fingerprint density at radius 3 is 2.60 bits per heavy atom. The molecule has 1 aliphatic carbocycles. The third-order valence-electron chi connectivity index (χ3n) is 8.89. The third-order valence-corrected chi connectivity index (χ3v) is 9.14. The summed E-state index contributed by atoms with van der Waals surface area (Å²) in [6, 6.07) is 7.48. The molecule has 6 rings (SSSR count). The third kappa shape index (κ3) is 5.00. The Balaban J connectivity index is 1.33. The minimum Gasteiger partial charge on any atom is -0.376 e. The van der Waals surface area contributed by atoms with E-state index in [0.29, 0.717) is 41.6 Å². The first-order valence-electron chi connectivity index (χ1n) is 14.2. The zero-order valence-corrected chi connectivity index (χ0v) is 23.9. The number of aryl methyl sites for hydroxylation is 1. The van der Waals surface area contributed by atoms with Crippen LogP contribution in [0, 0.1) is 5.92 Å². The van der Waals surface area contributed by atoms with Gasteiger partial charge in [-0.15, -0.1) is 5.10 Å². The van der Waals surface area contributed by atoms with E-state index in [-0.39, 0.29) is 48.7 Å². The van der Waals surface area contributed by atoms with E-state index in [4.69, 9.17) is 16.3 Å². The molecule has 4 heterocycles. The quantitative estimate of drug-likeness (QED) is 0.412. The minimum absolute atomic E-state index is 0.0377. The van der Waals surface area contributed by atoms with Gasteiger partial charge in [-0.3, -0.25) is 9.47 Å². The van der Waals surface area contributed by atoms with Crippen LogP contribution in [0.5, 0.6) is 0 Å². The fourth-order valence-electron chi connectivity index (χ4n) is 6.79. The highest BCUT2D eigenvalue weighted by molar-refractivity contribution is 6.30. The Labute approximate surface area is 237 Å². The minimum atomic E-state index is -2.61. The standard InChI is InChI=1S/C28H36ClF2N7O2/c1-4-21-15-36(25-23-26(35(3)27(39)32-25)38(34-33-23)16-22-6-5-11-40-22)17(2)14-37(21)24(19-12-28(30,31)13-19)18-7-9-20(29)10-8-18/h7-10,17,19,21-22,24H,4-6,11-16H2,1-3H3/t17-,21+,22+,24?/m0/s1. The number of benzene rings is 1. The molecule has 1 unspecified atom stereocenters. The summed E-state index contributed by atoms with van der Waals surface area (Å²) in [4.78, 5) is 22.1. The molecule has 0 bridgehead atoms. The van der Waals surface area contributed by atoms with Crippen LogP contribution in [0.15, 0.2) is 29.1 Å². The SMILES string of the molecule is CC[C@@H]1CN(c2nc(=O)n(C)c3c2nnn3C[C@H]2CCCO2)[C@@H](C)CN1C(c1ccc(Cl)cc1)C1CC(F)(F)C1. The number of alkyl halides is 2. The number of aromatic nitrogens is 5. The lowest BCUT2D eigenvalue weighted by atomic mass is 9.73. The van der Waals surface area contributed by atoms with Crippen LogP contribution in [-0.2, 0) is 18.3 Å². The largest absolute Gasteiger partial charge is 0.376 e. The number of halogens is 3. The average Bonchev–Trinajstić information content (AvgIpc) is 3.57. The molecule has 3 fully saturated rings. The fraction of sp³-hybridized carbons (Fsp3) is 0.643. The molecule has 9 nitrogen and oxygen atoms in total. The molecule has 3 aliphatic rings. The summed E-state index contributed by atoms with van der Waals surface area (Å²) >= 11 is 6.17. The van der Waals surface area contributed by atoms with Crippen LogP contribution < -0.4 is 10.6 Å². The van der Waals surface area contributed by atoms with Gasteiger partial charge in [-0.1, -0.05) is 35.9 Å². The summed E-state index contributed by atoms with van der Waals surface area (Å²) in [6.07, 6.45) is 2.60. The van der Waals surface area contributed by atoms with E-state index in [2.05, 4.69) is 38.9 Å². The number of nitrogens with zero attached hydrogens (tertiary/aromatic N) is 7. The summed E-state index contributed by atoms with van der Waals surface area (Å²) in [7, 11) is 1.69. The Morgan fingerprint density at radius 2 is 1.95 bits per heavy atom. The number of ether oxygens (including phenoxy) is 1.